The minimum atomic E-state index is 0.244. The summed E-state index contributed by atoms with van der Waals surface area (Å²) in [6, 6.07) is 8.17. The summed E-state index contributed by atoms with van der Waals surface area (Å²) in [6.45, 7) is 8.94. The maximum absolute atomic E-state index is 4.62. The van der Waals surface area contributed by atoms with Crippen molar-refractivity contribution < 1.29 is 0 Å². The molecule has 0 radical (unpaired) electrons. The Hall–Kier alpha value is -1.31. The van der Waals surface area contributed by atoms with Crippen LogP contribution in [0.4, 0.5) is 0 Å². The number of fused-ring (bicyclic) bond motifs is 1. The number of aromatic amines is 1. The highest BCUT2D eigenvalue weighted by Gasteiger charge is 2.24. The molecule has 0 saturated carbocycles. The number of rotatable bonds is 1. The molecule has 2 heteroatoms. The van der Waals surface area contributed by atoms with Crippen LogP contribution >= 0.6 is 0 Å². The summed E-state index contributed by atoms with van der Waals surface area (Å²) >= 11 is 0. The molecule has 1 aromatic carbocycles. The van der Waals surface area contributed by atoms with E-state index < -0.39 is 0 Å². The molecular weight excluding hydrogens is 184 g/mol. The molecule has 0 fully saturated rings. The molecule has 0 aliphatic heterocycles. The lowest BCUT2D eigenvalue weighted by Gasteiger charge is -2.25. The van der Waals surface area contributed by atoms with Gasteiger partial charge in [-0.3, -0.25) is 0 Å². The van der Waals surface area contributed by atoms with E-state index in [9.17, 15) is 0 Å². The van der Waals surface area contributed by atoms with Gasteiger partial charge < -0.3 is 4.98 Å². The number of imidazole rings is 1. The van der Waals surface area contributed by atoms with Crippen molar-refractivity contribution >= 4 is 11.0 Å². The average Bonchev–Trinajstić information content (AvgIpc) is 2.58. The largest absolute Gasteiger partial charge is 0.342 e. The molecule has 15 heavy (non-hydrogen) atoms. The van der Waals surface area contributed by atoms with Crippen molar-refractivity contribution in [2.24, 2.45) is 5.41 Å². The Morgan fingerprint density at radius 2 is 1.87 bits per heavy atom. The maximum atomic E-state index is 4.62. The number of nitrogens with one attached hydrogen (secondary N) is 1. The number of H-pyrrole nitrogens is 1. The van der Waals surface area contributed by atoms with E-state index in [1.165, 1.54) is 0 Å². The first kappa shape index (κ1) is 10.2. The molecule has 0 amide bonds. The zero-order valence-electron chi connectivity index (χ0n) is 9.83. The van der Waals surface area contributed by atoms with Gasteiger partial charge in [-0.05, 0) is 17.5 Å². The molecule has 0 spiro atoms. The molecule has 1 N–H and O–H groups in total. The van der Waals surface area contributed by atoms with Crippen LogP contribution in [0.3, 0.4) is 0 Å². The summed E-state index contributed by atoms with van der Waals surface area (Å²) in [5.74, 6) is 1.52. The molecule has 0 aliphatic rings. The topological polar surface area (TPSA) is 28.7 Å². The molecule has 1 unspecified atom stereocenters. The number of nitrogens with zero attached hydrogens (tertiary/aromatic N) is 1. The van der Waals surface area contributed by atoms with Crippen LogP contribution in [0.25, 0.3) is 11.0 Å². The Kier molecular flexibility index (Phi) is 2.29. The van der Waals surface area contributed by atoms with E-state index in [0.717, 1.165) is 16.9 Å². The number of hydrogen-bond donors (Lipinski definition) is 1. The lowest BCUT2D eigenvalue weighted by atomic mass is 9.82. The van der Waals surface area contributed by atoms with Gasteiger partial charge in [0.2, 0.25) is 0 Å². The van der Waals surface area contributed by atoms with Gasteiger partial charge in [0, 0.05) is 5.92 Å². The van der Waals surface area contributed by atoms with Gasteiger partial charge >= 0.3 is 0 Å². The summed E-state index contributed by atoms with van der Waals surface area (Å²) in [5.41, 5.74) is 2.43. The normalized spacial score (nSPS) is 14.4. The second-order valence-electron chi connectivity index (χ2n) is 5.23. The molecule has 1 atom stereocenters. The highest BCUT2D eigenvalue weighted by molar-refractivity contribution is 5.74. The van der Waals surface area contributed by atoms with E-state index in [1.807, 2.05) is 18.2 Å². The maximum Gasteiger partial charge on any atom is 0.110 e. The Bertz CT molecular complexity index is 430. The van der Waals surface area contributed by atoms with Crippen LogP contribution in [-0.2, 0) is 0 Å². The van der Waals surface area contributed by atoms with Gasteiger partial charge in [-0.1, -0.05) is 39.8 Å². The Balaban J connectivity index is 2.45. The molecule has 80 valence electrons. The third-order valence-corrected chi connectivity index (χ3v) is 3.12. The number of aromatic nitrogens is 2. The second-order valence-corrected chi connectivity index (χ2v) is 5.23. The Morgan fingerprint density at radius 3 is 2.47 bits per heavy atom. The standard InChI is InChI=1S/C13H18N2/c1-9(13(2,3)4)12-14-10-7-5-6-8-11(10)15-12/h5-9H,1-4H3,(H,14,15). The van der Waals surface area contributed by atoms with Crippen LogP contribution in [0.5, 0.6) is 0 Å². The minimum absolute atomic E-state index is 0.244. The highest BCUT2D eigenvalue weighted by Crippen LogP contribution is 2.33. The van der Waals surface area contributed by atoms with Crippen LogP contribution in [0, 0.1) is 5.41 Å². The first-order valence-corrected chi connectivity index (χ1v) is 5.43. The van der Waals surface area contributed by atoms with Crippen LogP contribution in [-0.4, -0.2) is 9.97 Å². The molecule has 2 rings (SSSR count). The minimum Gasteiger partial charge on any atom is -0.342 e. The molecule has 2 nitrogen and oxygen atoms in total. The fraction of sp³-hybridized carbons (Fsp3) is 0.462. The van der Waals surface area contributed by atoms with Crippen LogP contribution in [0.15, 0.2) is 24.3 Å². The van der Waals surface area contributed by atoms with Gasteiger partial charge in [0.15, 0.2) is 0 Å². The summed E-state index contributed by atoms with van der Waals surface area (Å²) in [7, 11) is 0. The summed E-state index contributed by atoms with van der Waals surface area (Å²) in [5, 5.41) is 0. The van der Waals surface area contributed by atoms with Gasteiger partial charge in [0.05, 0.1) is 11.0 Å². The number of benzene rings is 1. The Labute approximate surface area is 90.7 Å². The van der Waals surface area contributed by atoms with Crippen molar-refractivity contribution in [2.75, 3.05) is 0 Å². The lowest BCUT2D eigenvalue weighted by molar-refractivity contribution is 0.330. The molecule has 2 aromatic rings. The fourth-order valence-corrected chi connectivity index (χ4v) is 1.59. The zero-order valence-corrected chi connectivity index (χ0v) is 9.83. The Morgan fingerprint density at radius 1 is 1.20 bits per heavy atom. The van der Waals surface area contributed by atoms with Crippen molar-refractivity contribution in [3.05, 3.63) is 30.1 Å². The van der Waals surface area contributed by atoms with E-state index in [4.69, 9.17) is 0 Å². The van der Waals surface area contributed by atoms with Gasteiger partial charge in [0.1, 0.15) is 5.82 Å². The smallest absolute Gasteiger partial charge is 0.110 e. The summed E-state index contributed by atoms with van der Waals surface area (Å²) < 4.78 is 0. The SMILES string of the molecule is CC(c1nc2ccccc2[nH]1)C(C)(C)C. The van der Waals surface area contributed by atoms with Gasteiger partial charge in [-0.15, -0.1) is 0 Å². The van der Waals surface area contributed by atoms with Crippen LogP contribution < -0.4 is 0 Å². The van der Waals surface area contributed by atoms with Crippen molar-refractivity contribution in [2.45, 2.75) is 33.6 Å². The second kappa shape index (κ2) is 3.37. The first-order chi connectivity index (χ1) is 6.98. The van der Waals surface area contributed by atoms with E-state index in [-0.39, 0.29) is 5.41 Å². The van der Waals surface area contributed by atoms with Crippen LogP contribution in [0.2, 0.25) is 0 Å². The van der Waals surface area contributed by atoms with Crippen molar-refractivity contribution in [1.29, 1.82) is 0 Å². The van der Waals surface area contributed by atoms with E-state index >= 15 is 0 Å². The van der Waals surface area contributed by atoms with Crippen molar-refractivity contribution in [3.63, 3.8) is 0 Å². The van der Waals surface area contributed by atoms with Gasteiger partial charge in [-0.25, -0.2) is 4.98 Å². The van der Waals surface area contributed by atoms with Gasteiger partial charge in [-0.2, -0.15) is 0 Å². The monoisotopic (exact) mass is 202 g/mol. The molecule has 0 saturated heterocycles. The van der Waals surface area contributed by atoms with E-state index in [2.05, 4.69) is 43.7 Å². The molecular formula is C13H18N2. The van der Waals surface area contributed by atoms with E-state index in [0.29, 0.717) is 5.92 Å². The average molecular weight is 202 g/mol. The van der Waals surface area contributed by atoms with Gasteiger partial charge in [0.25, 0.3) is 0 Å². The lowest BCUT2D eigenvalue weighted by Crippen LogP contribution is -2.16. The molecule has 0 bridgehead atoms. The van der Waals surface area contributed by atoms with Crippen molar-refractivity contribution in [1.82, 2.24) is 9.97 Å². The fourth-order valence-electron chi connectivity index (χ4n) is 1.59. The number of para-hydroxylation sites is 2. The number of hydrogen-bond acceptors (Lipinski definition) is 1. The highest BCUT2D eigenvalue weighted by atomic mass is 14.9. The third kappa shape index (κ3) is 1.89. The zero-order chi connectivity index (χ0) is 11.1. The molecule has 1 heterocycles. The summed E-state index contributed by atoms with van der Waals surface area (Å²) in [6.07, 6.45) is 0. The molecule has 0 aliphatic carbocycles. The quantitative estimate of drug-likeness (QED) is 0.750. The third-order valence-electron chi connectivity index (χ3n) is 3.12. The first-order valence-electron chi connectivity index (χ1n) is 5.43. The van der Waals surface area contributed by atoms with Crippen LogP contribution in [0.1, 0.15) is 39.4 Å². The summed E-state index contributed by atoms with van der Waals surface area (Å²) in [4.78, 5) is 8.01. The predicted molar refractivity (Wildman–Crippen MR) is 64.0 cm³/mol. The van der Waals surface area contributed by atoms with Crippen molar-refractivity contribution in [3.8, 4) is 0 Å². The predicted octanol–water partition coefficient (Wildman–Crippen LogP) is 3.71. The molecule has 1 aromatic heterocycles. The van der Waals surface area contributed by atoms with E-state index in [1.54, 1.807) is 0 Å².